The summed E-state index contributed by atoms with van der Waals surface area (Å²) in [6.45, 7) is 8.78. The number of amides is 1. The molecule has 1 aromatic heterocycles. The second-order valence-electron chi connectivity index (χ2n) is 8.17. The molecule has 142 valence electrons. The summed E-state index contributed by atoms with van der Waals surface area (Å²) in [5.74, 6) is 0.0433. The monoisotopic (exact) mass is 378 g/mol. The van der Waals surface area contributed by atoms with Crippen molar-refractivity contribution in [3.05, 3.63) is 36.2 Å². The van der Waals surface area contributed by atoms with Gasteiger partial charge in [-0.2, -0.15) is 0 Å². The molecular formula is C18H27ClN6O. The van der Waals surface area contributed by atoms with Gasteiger partial charge in [-0.3, -0.25) is 4.79 Å². The van der Waals surface area contributed by atoms with Crippen molar-refractivity contribution in [3.8, 4) is 5.69 Å². The Balaban J connectivity index is 0.00000243. The first-order valence-electron chi connectivity index (χ1n) is 8.57. The normalized spacial score (nSPS) is 18.8. The highest BCUT2D eigenvalue weighted by molar-refractivity contribution is 5.94. The number of carbonyl (C=O) groups excluding carboxylic acids is 1. The molecule has 0 saturated carbocycles. The SMILES string of the molecule is CN(C(=O)c1ccc(-n2cnnn2)cc1)C1CC(C)(C)NC(C)(C)C1.Cl. The molecule has 0 bridgehead atoms. The van der Waals surface area contributed by atoms with Crippen LogP contribution in [0, 0.1) is 0 Å². The highest BCUT2D eigenvalue weighted by Crippen LogP contribution is 2.31. The van der Waals surface area contributed by atoms with E-state index in [-0.39, 0.29) is 35.4 Å². The Morgan fingerprint density at radius 1 is 1.15 bits per heavy atom. The van der Waals surface area contributed by atoms with E-state index >= 15 is 0 Å². The van der Waals surface area contributed by atoms with Crippen molar-refractivity contribution >= 4 is 18.3 Å². The van der Waals surface area contributed by atoms with Crippen LogP contribution in [0.2, 0.25) is 0 Å². The fourth-order valence-electron chi connectivity index (χ4n) is 3.95. The predicted molar refractivity (Wildman–Crippen MR) is 103 cm³/mol. The molecule has 1 aliphatic heterocycles. The van der Waals surface area contributed by atoms with Crippen LogP contribution in [0.25, 0.3) is 5.69 Å². The molecule has 2 heterocycles. The van der Waals surface area contributed by atoms with Crippen LogP contribution < -0.4 is 5.32 Å². The molecule has 1 saturated heterocycles. The largest absolute Gasteiger partial charge is 0.339 e. The summed E-state index contributed by atoms with van der Waals surface area (Å²) in [6.07, 6.45) is 3.39. The van der Waals surface area contributed by atoms with Crippen molar-refractivity contribution in [2.75, 3.05) is 7.05 Å². The van der Waals surface area contributed by atoms with Gasteiger partial charge < -0.3 is 10.2 Å². The number of carbonyl (C=O) groups is 1. The standard InChI is InChI=1S/C18H26N6O.ClH/c1-17(2)10-15(11-18(3,4)20-17)23(5)16(25)13-6-8-14(9-7-13)24-12-19-21-22-24;/h6-9,12,15,20H,10-11H2,1-5H3;1H. The number of tetrazole rings is 1. The molecule has 26 heavy (non-hydrogen) atoms. The molecule has 0 radical (unpaired) electrons. The number of benzene rings is 1. The minimum absolute atomic E-state index is 0. The second kappa shape index (κ2) is 7.32. The van der Waals surface area contributed by atoms with Crippen molar-refractivity contribution in [3.63, 3.8) is 0 Å². The second-order valence-corrected chi connectivity index (χ2v) is 8.17. The van der Waals surface area contributed by atoms with Gasteiger partial charge in [-0.15, -0.1) is 17.5 Å². The van der Waals surface area contributed by atoms with Crippen molar-refractivity contribution in [1.82, 2.24) is 30.4 Å². The van der Waals surface area contributed by atoms with Gasteiger partial charge in [-0.1, -0.05) is 0 Å². The Morgan fingerprint density at radius 2 is 1.73 bits per heavy atom. The zero-order valence-corrected chi connectivity index (χ0v) is 16.7. The first-order chi connectivity index (χ1) is 11.7. The van der Waals surface area contributed by atoms with E-state index in [0.717, 1.165) is 18.5 Å². The fourth-order valence-corrected chi connectivity index (χ4v) is 3.95. The van der Waals surface area contributed by atoms with Crippen molar-refractivity contribution in [2.45, 2.75) is 57.7 Å². The number of piperidine rings is 1. The molecular weight excluding hydrogens is 352 g/mol. The van der Waals surface area contributed by atoms with Gasteiger partial charge in [0.15, 0.2) is 0 Å². The maximum Gasteiger partial charge on any atom is 0.253 e. The van der Waals surface area contributed by atoms with Gasteiger partial charge in [-0.05, 0) is 75.2 Å². The Kier molecular flexibility index (Phi) is 5.73. The maximum atomic E-state index is 12.9. The van der Waals surface area contributed by atoms with E-state index in [9.17, 15) is 4.79 Å². The topological polar surface area (TPSA) is 75.9 Å². The van der Waals surface area contributed by atoms with E-state index in [1.165, 1.54) is 6.33 Å². The highest BCUT2D eigenvalue weighted by atomic mass is 35.5. The molecule has 0 spiro atoms. The van der Waals surface area contributed by atoms with E-state index in [0.29, 0.717) is 5.56 Å². The molecule has 3 rings (SSSR count). The third kappa shape index (κ3) is 4.40. The Morgan fingerprint density at radius 3 is 2.23 bits per heavy atom. The average molecular weight is 379 g/mol. The molecule has 7 nitrogen and oxygen atoms in total. The van der Waals surface area contributed by atoms with Gasteiger partial charge in [0.2, 0.25) is 0 Å². The maximum absolute atomic E-state index is 12.9. The smallest absolute Gasteiger partial charge is 0.253 e. The van der Waals surface area contributed by atoms with E-state index in [1.54, 1.807) is 4.68 Å². The van der Waals surface area contributed by atoms with Crippen LogP contribution in [0.3, 0.4) is 0 Å². The summed E-state index contributed by atoms with van der Waals surface area (Å²) in [6, 6.07) is 7.57. The van der Waals surface area contributed by atoms with Crippen LogP contribution >= 0.6 is 12.4 Å². The van der Waals surface area contributed by atoms with Crippen LogP contribution in [-0.4, -0.2) is 55.2 Å². The quantitative estimate of drug-likeness (QED) is 0.887. The van der Waals surface area contributed by atoms with Crippen LogP contribution in [0.15, 0.2) is 30.6 Å². The van der Waals surface area contributed by atoms with Crippen molar-refractivity contribution in [2.24, 2.45) is 0 Å². The summed E-state index contributed by atoms with van der Waals surface area (Å²) in [7, 11) is 1.90. The molecule has 1 aliphatic rings. The summed E-state index contributed by atoms with van der Waals surface area (Å²) >= 11 is 0. The lowest BCUT2D eigenvalue weighted by Crippen LogP contribution is -2.62. The molecule has 1 fully saturated rings. The number of rotatable bonds is 3. The number of hydrogen-bond donors (Lipinski definition) is 1. The summed E-state index contributed by atoms with van der Waals surface area (Å²) in [4.78, 5) is 14.8. The van der Waals surface area contributed by atoms with Crippen LogP contribution in [0.5, 0.6) is 0 Å². The molecule has 1 N–H and O–H groups in total. The molecule has 2 aromatic rings. The summed E-state index contributed by atoms with van der Waals surface area (Å²) < 4.78 is 1.57. The van der Waals surface area contributed by atoms with Crippen molar-refractivity contribution in [1.29, 1.82) is 0 Å². The van der Waals surface area contributed by atoms with Gasteiger partial charge in [0.1, 0.15) is 6.33 Å². The van der Waals surface area contributed by atoms with Gasteiger partial charge in [0, 0.05) is 29.7 Å². The number of aromatic nitrogens is 4. The lowest BCUT2D eigenvalue weighted by molar-refractivity contribution is 0.0529. The minimum atomic E-state index is 0. The molecule has 1 amide bonds. The molecule has 0 unspecified atom stereocenters. The number of halogens is 1. The third-order valence-electron chi connectivity index (χ3n) is 4.76. The highest BCUT2D eigenvalue weighted by Gasteiger charge is 2.40. The summed E-state index contributed by atoms with van der Waals surface area (Å²) in [5, 5.41) is 14.8. The van der Waals surface area contributed by atoms with E-state index < -0.39 is 0 Å². The average Bonchev–Trinajstić information content (AvgIpc) is 3.05. The van der Waals surface area contributed by atoms with E-state index in [2.05, 4.69) is 48.5 Å². The van der Waals surface area contributed by atoms with E-state index in [1.807, 2.05) is 36.2 Å². The van der Waals surface area contributed by atoms with Gasteiger partial charge in [0.25, 0.3) is 5.91 Å². The predicted octanol–water partition coefficient (Wildman–Crippen LogP) is 2.47. The molecule has 0 atom stereocenters. The van der Waals surface area contributed by atoms with Crippen LogP contribution in [0.1, 0.15) is 50.9 Å². The number of nitrogens with zero attached hydrogens (tertiary/aromatic N) is 5. The Hall–Kier alpha value is -1.99. The van der Waals surface area contributed by atoms with Crippen LogP contribution in [0.4, 0.5) is 0 Å². The van der Waals surface area contributed by atoms with Gasteiger partial charge in [0.05, 0.1) is 5.69 Å². The Bertz CT molecular complexity index is 726. The van der Waals surface area contributed by atoms with Gasteiger partial charge >= 0.3 is 0 Å². The van der Waals surface area contributed by atoms with Crippen molar-refractivity contribution < 1.29 is 4.79 Å². The fraction of sp³-hybridized carbons (Fsp3) is 0.556. The number of nitrogens with one attached hydrogen (secondary N) is 1. The lowest BCUT2D eigenvalue weighted by atomic mass is 9.79. The summed E-state index contributed by atoms with van der Waals surface area (Å²) in [5.41, 5.74) is 1.51. The van der Waals surface area contributed by atoms with E-state index in [4.69, 9.17) is 0 Å². The number of hydrogen-bond acceptors (Lipinski definition) is 5. The molecule has 8 heteroatoms. The first kappa shape index (κ1) is 20.3. The Labute approximate surface area is 160 Å². The van der Waals surface area contributed by atoms with Crippen LogP contribution in [-0.2, 0) is 0 Å². The zero-order valence-electron chi connectivity index (χ0n) is 15.9. The molecule has 1 aromatic carbocycles. The minimum Gasteiger partial charge on any atom is -0.339 e. The zero-order chi connectivity index (χ0) is 18.2. The first-order valence-corrected chi connectivity index (χ1v) is 8.57. The molecule has 0 aliphatic carbocycles. The third-order valence-corrected chi connectivity index (χ3v) is 4.76. The lowest BCUT2D eigenvalue weighted by Gasteiger charge is -2.49. The van der Waals surface area contributed by atoms with Gasteiger partial charge in [-0.25, -0.2) is 4.68 Å².